The maximum absolute atomic E-state index is 12.5. The number of rotatable bonds is 3. The second kappa shape index (κ2) is 7.77. The fourth-order valence-electron chi connectivity index (χ4n) is 4.50. The third kappa shape index (κ3) is 4.17. The molecule has 25 heavy (non-hydrogen) atoms. The highest BCUT2D eigenvalue weighted by atomic mass is 16.5. The van der Waals surface area contributed by atoms with Crippen LogP contribution in [0.3, 0.4) is 0 Å². The molecular weight excluding hydrogens is 312 g/mol. The van der Waals surface area contributed by atoms with E-state index in [-0.39, 0.29) is 18.1 Å². The number of amides is 1. The first-order valence-corrected chi connectivity index (χ1v) is 9.76. The summed E-state index contributed by atoms with van der Waals surface area (Å²) in [5.41, 5.74) is 3.77. The van der Waals surface area contributed by atoms with E-state index in [2.05, 4.69) is 24.5 Å². The Morgan fingerprint density at radius 1 is 1.12 bits per heavy atom. The van der Waals surface area contributed by atoms with Crippen molar-refractivity contribution in [1.82, 2.24) is 9.47 Å². The first-order chi connectivity index (χ1) is 12.0. The number of hydrogen-bond acceptors (Lipinski definition) is 2. The Morgan fingerprint density at radius 2 is 1.76 bits per heavy atom. The number of nitrogens with zero attached hydrogens (tertiary/aromatic N) is 2. The van der Waals surface area contributed by atoms with Gasteiger partial charge in [-0.1, -0.05) is 19.3 Å². The van der Waals surface area contributed by atoms with Gasteiger partial charge in [0.15, 0.2) is 0 Å². The monoisotopic (exact) mass is 344 g/mol. The zero-order chi connectivity index (χ0) is 18.0. The molecule has 2 atom stereocenters. The van der Waals surface area contributed by atoms with Crippen molar-refractivity contribution in [3.05, 3.63) is 29.1 Å². The number of carbonyl (C=O) groups is 1. The van der Waals surface area contributed by atoms with Crippen molar-refractivity contribution < 1.29 is 9.53 Å². The van der Waals surface area contributed by atoms with E-state index in [1.165, 1.54) is 49.1 Å². The van der Waals surface area contributed by atoms with Crippen LogP contribution >= 0.6 is 0 Å². The molecule has 4 heteroatoms. The first-order valence-electron chi connectivity index (χ1n) is 9.76. The summed E-state index contributed by atoms with van der Waals surface area (Å²) in [6.45, 7) is 9.77. The highest BCUT2D eigenvalue weighted by Gasteiger charge is 2.25. The number of morpholine rings is 1. The van der Waals surface area contributed by atoms with Crippen LogP contribution in [0.4, 0.5) is 0 Å². The molecule has 0 N–H and O–H groups in total. The van der Waals surface area contributed by atoms with E-state index < -0.39 is 0 Å². The Labute approximate surface area is 151 Å². The standard InChI is InChI=1S/C21H32N2O2/c1-15-12-19(18(4)23(15)20-8-6-5-7-9-20)10-11-21(24)22-13-16(2)25-17(3)14-22/h10-12,16-17,20H,5-9,13-14H2,1-4H3. The lowest BCUT2D eigenvalue weighted by atomic mass is 9.95. The third-order valence-electron chi connectivity index (χ3n) is 5.60. The van der Waals surface area contributed by atoms with Crippen LogP contribution in [0.2, 0.25) is 0 Å². The van der Waals surface area contributed by atoms with Crippen molar-refractivity contribution in [3.8, 4) is 0 Å². The Bertz CT molecular complexity index is 631. The summed E-state index contributed by atoms with van der Waals surface area (Å²) in [5, 5.41) is 0. The second-order valence-electron chi connectivity index (χ2n) is 7.82. The van der Waals surface area contributed by atoms with E-state index in [4.69, 9.17) is 4.74 Å². The van der Waals surface area contributed by atoms with Crippen LogP contribution in [0.5, 0.6) is 0 Å². The minimum absolute atomic E-state index is 0.0875. The molecule has 2 fully saturated rings. The molecule has 4 nitrogen and oxygen atoms in total. The molecule has 1 saturated carbocycles. The summed E-state index contributed by atoms with van der Waals surface area (Å²) in [5.74, 6) is 0.0875. The van der Waals surface area contributed by atoms with Crippen LogP contribution in [0.1, 0.15) is 68.9 Å². The topological polar surface area (TPSA) is 34.5 Å². The maximum atomic E-state index is 12.5. The van der Waals surface area contributed by atoms with E-state index in [1.54, 1.807) is 6.08 Å². The molecule has 1 aromatic heterocycles. The molecule has 2 unspecified atom stereocenters. The summed E-state index contributed by atoms with van der Waals surface area (Å²) in [6.07, 6.45) is 10.5. The zero-order valence-electron chi connectivity index (χ0n) is 16.1. The van der Waals surface area contributed by atoms with Gasteiger partial charge in [-0.05, 0) is 58.2 Å². The quantitative estimate of drug-likeness (QED) is 0.768. The number of aromatic nitrogens is 1. The lowest BCUT2D eigenvalue weighted by Crippen LogP contribution is -2.47. The van der Waals surface area contributed by atoms with Crippen molar-refractivity contribution in [2.24, 2.45) is 0 Å². The molecule has 1 aliphatic carbocycles. The van der Waals surface area contributed by atoms with Crippen LogP contribution in [0, 0.1) is 13.8 Å². The van der Waals surface area contributed by atoms with Crippen LogP contribution in [-0.4, -0.2) is 40.7 Å². The smallest absolute Gasteiger partial charge is 0.246 e. The number of aryl methyl sites for hydroxylation is 1. The predicted molar refractivity (Wildman–Crippen MR) is 102 cm³/mol. The van der Waals surface area contributed by atoms with E-state index in [1.807, 2.05) is 24.8 Å². The van der Waals surface area contributed by atoms with Gasteiger partial charge in [0.2, 0.25) is 5.91 Å². The van der Waals surface area contributed by atoms with Crippen LogP contribution < -0.4 is 0 Å². The Balaban J connectivity index is 1.72. The van der Waals surface area contributed by atoms with Crippen molar-refractivity contribution >= 4 is 12.0 Å². The molecule has 0 radical (unpaired) electrons. The van der Waals surface area contributed by atoms with Gasteiger partial charge in [-0.25, -0.2) is 0 Å². The molecule has 2 heterocycles. The Kier molecular flexibility index (Phi) is 5.67. The first kappa shape index (κ1) is 18.2. The van der Waals surface area contributed by atoms with E-state index in [9.17, 15) is 4.79 Å². The van der Waals surface area contributed by atoms with Crippen molar-refractivity contribution in [1.29, 1.82) is 0 Å². The highest BCUT2D eigenvalue weighted by Crippen LogP contribution is 2.32. The third-order valence-corrected chi connectivity index (χ3v) is 5.60. The minimum Gasteiger partial charge on any atom is -0.372 e. The Hall–Kier alpha value is -1.55. The minimum atomic E-state index is 0.0875. The van der Waals surface area contributed by atoms with Gasteiger partial charge in [0.25, 0.3) is 0 Å². The number of ether oxygens (including phenoxy) is 1. The van der Waals surface area contributed by atoms with Gasteiger partial charge in [0.05, 0.1) is 12.2 Å². The average molecular weight is 344 g/mol. The van der Waals surface area contributed by atoms with Gasteiger partial charge < -0.3 is 14.2 Å². The van der Waals surface area contributed by atoms with E-state index in [0.717, 1.165) is 0 Å². The second-order valence-corrected chi connectivity index (χ2v) is 7.82. The molecular formula is C21H32N2O2. The molecule has 3 rings (SSSR count). The highest BCUT2D eigenvalue weighted by molar-refractivity contribution is 5.92. The molecule has 1 aliphatic heterocycles. The molecule has 0 spiro atoms. The molecule has 0 aromatic carbocycles. The lowest BCUT2D eigenvalue weighted by Gasteiger charge is -2.34. The molecule has 1 aromatic rings. The summed E-state index contributed by atoms with van der Waals surface area (Å²) in [7, 11) is 0. The number of carbonyl (C=O) groups excluding carboxylic acids is 1. The zero-order valence-corrected chi connectivity index (χ0v) is 16.1. The maximum Gasteiger partial charge on any atom is 0.246 e. The molecule has 1 saturated heterocycles. The average Bonchev–Trinajstić information content (AvgIpc) is 2.86. The van der Waals surface area contributed by atoms with Crippen molar-refractivity contribution in [3.63, 3.8) is 0 Å². The number of hydrogen-bond donors (Lipinski definition) is 0. The van der Waals surface area contributed by atoms with Crippen LogP contribution in [0.15, 0.2) is 12.1 Å². The van der Waals surface area contributed by atoms with Gasteiger partial charge in [0.1, 0.15) is 0 Å². The van der Waals surface area contributed by atoms with E-state index >= 15 is 0 Å². The normalized spacial score (nSPS) is 25.7. The summed E-state index contributed by atoms with van der Waals surface area (Å²) < 4.78 is 8.20. The van der Waals surface area contributed by atoms with Crippen molar-refractivity contribution in [2.45, 2.75) is 78.0 Å². The Morgan fingerprint density at radius 3 is 2.40 bits per heavy atom. The van der Waals surface area contributed by atoms with Crippen LogP contribution in [-0.2, 0) is 9.53 Å². The van der Waals surface area contributed by atoms with Gasteiger partial charge >= 0.3 is 0 Å². The fourth-order valence-corrected chi connectivity index (χ4v) is 4.50. The largest absolute Gasteiger partial charge is 0.372 e. The molecule has 0 bridgehead atoms. The van der Waals surface area contributed by atoms with E-state index in [0.29, 0.717) is 19.1 Å². The van der Waals surface area contributed by atoms with Crippen LogP contribution in [0.25, 0.3) is 6.08 Å². The van der Waals surface area contributed by atoms with Gasteiger partial charge in [-0.3, -0.25) is 4.79 Å². The molecule has 1 amide bonds. The molecule has 2 aliphatic rings. The SMILES string of the molecule is Cc1cc(C=CC(=O)N2CC(C)OC(C)C2)c(C)n1C1CCCCC1. The summed E-state index contributed by atoms with van der Waals surface area (Å²) in [4.78, 5) is 14.4. The van der Waals surface area contributed by atoms with Crippen molar-refractivity contribution in [2.75, 3.05) is 13.1 Å². The molecule has 138 valence electrons. The lowest BCUT2D eigenvalue weighted by molar-refractivity contribution is -0.137. The van der Waals surface area contributed by atoms with Gasteiger partial charge in [-0.15, -0.1) is 0 Å². The summed E-state index contributed by atoms with van der Waals surface area (Å²) in [6, 6.07) is 2.85. The predicted octanol–water partition coefficient (Wildman–Crippen LogP) is 4.26. The van der Waals surface area contributed by atoms with Gasteiger partial charge in [0, 0.05) is 36.6 Å². The van der Waals surface area contributed by atoms with Gasteiger partial charge in [-0.2, -0.15) is 0 Å². The fraction of sp³-hybridized carbons (Fsp3) is 0.667. The summed E-state index contributed by atoms with van der Waals surface area (Å²) >= 11 is 0.